The number of thiophene rings is 1. The molecule has 2 heteroatoms. The predicted molar refractivity (Wildman–Crippen MR) is 229 cm³/mol. The van der Waals surface area contributed by atoms with Gasteiger partial charge in [-0.1, -0.05) is 146 Å². The Bertz CT molecular complexity index is 3190. The number of hydrogen-bond acceptors (Lipinski definition) is 2. The smallest absolute Gasteiger partial charge is 0.0715 e. The van der Waals surface area contributed by atoms with E-state index in [1.165, 1.54) is 85.9 Å². The number of aromatic nitrogens is 1. The summed E-state index contributed by atoms with van der Waals surface area (Å²) in [6.45, 7) is 0. The van der Waals surface area contributed by atoms with E-state index in [2.05, 4.69) is 188 Å². The maximum atomic E-state index is 5.15. The van der Waals surface area contributed by atoms with Gasteiger partial charge in [-0.15, -0.1) is 11.3 Å². The van der Waals surface area contributed by atoms with E-state index in [9.17, 15) is 0 Å². The molecule has 0 aliphatic rings. The molecule has 11 rings (SSSR count). The van der Waals surface area contributed by atoms with Crippen molar-refractivity contribution in [3.63, 3.8) is 0 Å². The molecule has 0 atom stereocenters. The summed E-state index contributed by atoms with van der Waals surface area (Å²) in [5.41, 5.74) is 10.4. The van der Waals surface area contributed by atoms with Crippen molar-refractivity contribution in [2.45, 2.75) is 0 Å². The second-order valence-corrected chi connectivity index (χ2v) is 14.9. The van der Waals surface area contributed by atoms with Crippen LogP contribution in [0.25, 0.3) is 108 Å². The second kappa shape index (κ2) is 12.0. The molecule has 53 heavy (non-hydrogen) atoms. The van der Waals surface area contributed by atoms with E-state index < -0.39 is 0 Å². The summed E-state index contributed by atoms with van der Waals surface area (Å²) >= 11 is 1.87. The molecule has 2 heterocycles. The highest BCUT2D eigenvalue weighted by Crippen LogP contribution is 2.45. The molecular weight excluding hydrogens is 659 g/mol. The van der Waals surface area contributed by atoms with Crippen LogP contribution in [-0.2, 0) is 0 Å². The van der Waals surface area contributed by atoms with Crippen LogP contribution < -0.4 is 0 Å². The Morgan fingerprint density at radius 1 is 0.302 bits per heavy atom. The molecular formula is C51H31NS. The van der Waals surface area contributed by atoms with Crippen molar-refractivity contribution >= 4 is 74.7 Å². The normalized spacial score (nSPS) is 11.8. The summed E-state index contributed by atoms with van der Waals surface area (Å²) in [5, 5.41) is 11.5. The van der Waals surface area contributed by atoms with Gasteiger partial charge >= 0.3 is 0 Å². The Morgan fingerprint density at radius 3 is 1.62 bits per heavy atom. The summed E-state index contributed by atoms with van der Waals surface area (Å²) in [4.78, 5) is 5.15. The summed E-state index contributed by atoms with van der Waals surface area (Å²) in [7, 11) is 0. The monoisotopic (exact) mass is 689 g/mol. The number of nitrogens with zero attached hydrogens (tertiary/aromatic N) is 1. The van der Waals surface area contributed by atoms with Crippen LogP contribution >= 0.6 is 11.3 Å². The first kappa shape index (κ1) is 30.1. The average Bonchev–Trinajstić information content (AvgIpc) is 3.62. The fourth-order valence-electron chi connectivity index (χ4n) is 8.35. The van der Waals surface area contributed by atoms with Crippen LogP contribution in [0.15, 0.2) is 188 Å². The van der Waals surface area contributed by atoms with E-state index in [1.54, 1.807) is 0 Å². The molecule has 0 saturated heterocycles. The molecule has 0 amide bonds. The average molecular weight is 690 g/mol. The molecule has 0 radical (unpaired) electrons. The zero-order chi connectivity index (χ0) is 34.9. The molecule has 0 fully saturated rings. The van der Waals surface area contributed by atoms with Crippen molar-refractivity contribution in [1.82, 2.24) is 4.98 Å². The molecule has 9 aromatic carbocycles. The van der Waals surface area contributed by atoms with E-state index in [4.69, 9.17) is 4.98 Å². The maximum absolute atomic E-state index is 5.15. The second-order valence-electron chi connectivity index (χ2n) is 13.9. The SMILES string of the molecule is c1ccc(-c2cc(-c3cc(-c4cccc(-c5ccc6c7ccccc7c7ccccc7c6c5)c4)cc4sc5ccccc5c34)c3ccccc3n2)cc1. The minimum absolute atomic E-state index is 0.982. The molecule has 0 saturated carbocycles. The lowest BCUT2D eigenvalue weighted by atomic mass is 9.90. The van der Waals surface area contributed by atoms with Crippen LogP contribution in [-0.4, -0.2) is 4.98 Å². The first-order chi connectivity index (χ1) is 26.3. The van der Waals surface area contributed by atoms with E-state index in [0.29, 0.717) is 0 Å². The zero-order valence-corrected chi connectivity index (χ0v) is 29.6. The first-order valence-corrected chi connectivity index (χ1v) is 18.9. The largest absolute Gasteiger partial charge is 0.248 e. The Morgan fingerprint density at radius 2 is 0.868 bits per heavy atom. The van der Waals surface area contributed by atoms with Gasteiger partial charge in [0, 0.05) is 31.1 Å². The summed E-state index contributed by atoms with van der Waals surface area (Å²) in [6.07, 6.45) is 0. The molecule has 0 N–H and O–H groups in total. The Labute approximate surface area is 311 Å². The van der Waals surface area contributed by atoms with Gasteiger partial charge in [0.25, 0.3) is 0 Å². The van der Waals surface area contributed by atoms with Gasteiger partial charge in [0.1, 0.15) is 0 Å². The highest BCUT2D eigenvalue weighted by atomic mass is 32.1. The number of fused-ring (bicyclic) bond motifs is 10. The number of benzene rings is 9. The van der Waals surface area contributed by atoms with Crippen molar-refractivity contribution in [3.8, 4) is 44.6 Å². The molecule has 0 aliphatic heterocycles. The molecule has 0 unspecified atom stereocenters. The van der Waals surface area contributed by atoms with Crippen LogP contribution in [0.5, 0.6) is 0 Å². The molecule has 0 spiro atoms. The fourth-order valence-corrected chi connectivity index (χ4v) is 9.53. The fraction of sp³-hybridized carbons (Fsp3) is 0. The predicted octanol–water partition coefficient (Wildman–Crippen LogP) is 14.7. The number of rotatable bonds is 4. The van der Waals surface area contributed by atoms with Crippen LogP contribution in [0.3, 0.4) is 0 Å². The van der Waals surface area contributed by atoms with Gasteiger partial charge in [-0.05, 0) is 108 Å². The van der Waals surface area contributed by atoms with Gasteiger partial charge < -0.3 is 0 Å². The third kappa shape index (κ3) is 4.88. The van der Waals surface area contributed by atoms with Crippen molar-refractivity contribution < 1.29 is 0 Å². The first-order valence-electron chi connectivity index (χ1n) is 18.1. The van der Waals surface area contributed by atoms with Gasteiger partial charge in [-0.3, -0.25) is 0 Å². The van der Waals surface area contributed by atoms with Gasteiger partial charge in [0.2, 0.25) is 0 Å². The van der Waals surface area contributed by atoms with Crippen LogP contribution in [0, 0.1) is 0 Å². The summed E-state index contributed by atoms with van der Waals surface area (Å²) in [5.74, 6) is 0. The lowest BCUT2D eigenvalue weighted by molar-refractivity contribution is 1.40. The zero-order valence-electron chi connectivity index (χ0n) is 28.8. The van der Waals surface area contributed by atoms with E-state index in [-0.39, 0.29) is 0 Å². The number of hydrogen-bond donors (Lipinski definition) is 0. The standard InChI is InChI=1S/C51H31NS/c1-2-13-32(14-3-1)48-31-45(42-21-8-10-23-47(42)52-48)46-29-36(30-50-51(46)43-22-9-11-24-49(43)53-50)34-16-12-15-33(27-34)35-25-26-41-39-19-5-4-17-37(39)38-18-6-7-20-40(38)44(41)28-35/h1-31H. The van der Waals surface area contributed by atoms with E-state index in [0.717, 1.165) is 22.2 Å². The number of para-hydroxylation sites is 1. The molecule has 0 bridgehead atoms. The van der Waals surface area contributed by atoms with E-state index >= 15 is 0 Å². The highest BCUT2D eigenvalue weighted by molar-refractivity contribution is 7.26. The maximum Gasteiger partial charge on any atom is 0.0715 e. The molecule has 246 valence electrons. The van der Waals surface area contributed by atoms with Gasteiger partial charge in [-0.25, -0.2) is 4.98 Å². The lowest BCUT2D eigenvalue weighted by Crippen LogP contribution is -1.91. The highest BCUT2D eigenvalue weighted by Gasteiger charge is 2.18. The van der Waals surface area contributed by atoms with Crippen LogP contribution in [0.4, 0.5) is 0 Å². The minimum Gasteiger partial charge on any atom is -0.248 e. The van der Waals surface area contributed by atoms with Crippen molar-refractivity contribution in [2.24, 2.45) is 0 Å². The van der Waals surface area contributed by atoms with Crippen LogP contribution in [0.1, 0.15) is 0 Å². The Kier molecular flexibility index (Phi) is 6.80. The number of pyridine rings is 1. The van der Waals surface area contributed by atoms with Gasteiger partial charge in [0.05, 0.1) is 11.2 Å². The molecule has 1 nitrogen and oxygen atoms in total. The third-order valence-corrected chi connectivity index (χ3v) is 11.9. The van der Waals surface area contributed by atoms with Crippen molar-refractivity contribution in [3.05, 3.63) is 188 Å². The van der Waals surface area contributed by atoms with Crippen molar-refractivity contribution in [2.75, 3.05) is 0 Å². The Hall–Kier alpha value is -6.61. The lowest BCUT2D eigenvalue weighted by Gasteiger charge is -2.15. The van der Waals surface area contributed by atoms with Crippen molar-refractivity contribution in [1.29, 1.82) is 0 Å². The summed E-state index contributed by atoms with van der Waals surface area (Å²) < 4.78 is 2.59. The minimum atomic E-state index is 0.982. The van der Waals surface area contributed by atoms with Gasteiger partial charge in [0.15, 0.2) is 0 Å². The summed E-state index contributed by atoms with van der Waals surface area (Å²) in [6, 6.07) is 68.7. The van der Waals surface area contributed by atoms with E-state index in [1.807, 2.05) is 11.3 Å². The van der Waals surface area contributed by atoms with Crippen LogP contribution in [0.2, 0.25) is 0 Å². The third-order valence-electron chi connectivity index (χ3n) is 10.8. The molecule has 0 aliphatic carbocycles. The molecule has 2 aromatic heterocycles. The molecule has 11 aromatic rings. The van der Waals surface area contributed by atoms with Gasteiger partial charge in [-0.2, -0.15) is 0 Å². The Balaban J connectivity index is 1.13. The topological polar surface area (TPSA) is 12.9 Å². The quantitative estimate of drug-likeness (QED) is 0.168.